The van der Waals surface area contributed by atoms with Gasteiger partial charge < -0.3 is 9.64 Å². The van der Waals surface area contributed by atoms with Crippen LogP contribution in [0.5, 0.6) is 0 Å². The molecule has 0 aliphatic carbocycles. The fourth-order valence-electron chi connectivity index (χ4n) is 2.37. The molecule has 0 radical (unpaired) electrons. The molecule has 0 aromatic carbocycles. The molecule has 0 aromatic heterocycles. The van der Waals surface area contributed by atoms with E-state index in [1.807, 2.05) is 27.7 Å². The highest BCUT2D eigenvalue weighted by Gasteiger charge is 2.39. The summed E-state index contributed by atoms with van der Waals surface area (Å²) in [4.78, 5) is 4.79. The van der Waals surface area contributed by atoms with E-state index in [0.717, 1.165) is 6.61 Å². The lowest BCUT2D eigenvalue weighted by Crippen LogP contribution is -2.57. The molecule has 0 aromatic rings. The average Bonchev–Trinajstić information content (AvgIpc) is 2.41. The maximum absolute atomic E-state index is 5.97. The third-order valence-electron chi connectivity index (χ3n) is 3.47. The van der Waals surface area contributed by atoms with Gasteiger partial charge >= 0.3 is 0 Å². The van der Waals surface area contributed by atoms with Crippen LogP contribution in [-0.2, 0) is 4.74 Å². The monoisotopic (exact) mass is 244 g/mol. The molecule has 2 heterocycles. The van der Waals surface area contributed by atoms with E-state index in [-0.39, 0.29) is 5.72 Å². The highest BCUT2D eigenvalue weighted by molar-refractivity contribution is 4.87. The van der Waals surface area contributed by atoms with Crippen molar-refractivity contribution in [3.8, 4) is 0 Å². The predicted molar refractivity (Wildman–Crippen MR) is 75.4 cm³/mol. The number of hydrogen-bond donors (Lipinski definition) is 0. The van der Waals surface area contributed by atoms with Gasteiger partial charge in [-0.25, -0.2) is 0 Å². The van der Waals surface area contributed by atoms with Crippen molar-refractivity contribution >= 4 is 0 Å². The summed E-state index contributed by atoms with van der Waals surface area (Å²) in [5.41, 5.74) is 0.0881. The van der Waals surface area contributed by atoms with Gasteiger partial charge in [-0.15, -0.1) is 0 Å². The fourth-order valence-corrected chi connectivity index (χ4v) is 2.37. The summed E-state index contributed by atoms with van der Waals surface area (Å²) < 4.78 is 5.97. The molecule has 0 unspecified atom stereocenters. The lowest BCUT2D eigenvalue weighted by atomic mass is 9.97. The van der Waals surface area contributed by atoms with Crippen LogP contribution in [0.1, 0.15) is 47.0 Å². The molecule has 0 atom stereocenters. The summed E-state index contributed by atoms with van der Waals surface area (Å²) in [7, 11) is 4.39. The van der Waals surface area contributed by atoms with E-state index in [9.17, 15) is 0 Å². The van der Waals surface area contributed by atoms with Crippen LogP contribution in [0.3, 0.4) is 0 Å². The molecular weight excluding hydrogens is 212 g/mol. The van der Waals surface area contributed by atoms with E-state index in [2.05, 4.69) is 23.9 Å². The Kier molecular flexibility index (Phi) is 8.83. The Balaban J connectivity index is 0.000000581. The van der Waals surface area contributed by atoms with Crippen LogP contribution < -0.4 is 0 Å². The van der Waals surface area contributed by atoms with E-state index >= 15 is 0 Å². The average molecular weight is 244 g/mol. The lowest BCUT2D eigenvalue weighted by Gasteiger charge is -2.49. The first kappa shape index (κ1) is 16.9. The third-order valence-corrected chi connectivity index (χ3v) is 3.47. The van der Waals surface area contributed by atoms with Gasteiger partial charge in [0.1, 0.15) is 5.72 Å². The van der Waals surface area contributed by atoms with Crippen LogP contribution in [0.4, 0.5) is 0 Å². The molecule has 3 nitrogen and oxygen atoms in total. The molecule has 0 bridgehead atoms. The van der Waals surface area contributed by atoms with Crippen molar-refractivity contribution in [1.29, 1.82) is 0 Å². The second kappa shape index (κ2) is 8.90. The second-order valence-electron chi connectivity index (χ2n) is 4.37. The zero-order valence-corrected chi connectivity index (χ0v) is 12.8. The van der Waals surface area contributed by atoms with Gasteiger partial charge in [-0.1, -0.05) is 27.7 Å². The Labute approximate surface area is 108 Å². The Bertz CT molecular complexity index is 177. The largest absolute Gasteiger partial charge is 0.360 e. The fraction of sp³-hybridized carbons (Fsp3) is 1.00. The first-order valence-electron chi connectivity index (χ1n) is 7.27. The van der Waals surface area contributed by atoms with Crippen molar-refractivity contribution in [3.63, 3.8) is 0 Å². The smallest absolute Gasteiger partial charge is 0.123 e. The summed E-state index contributed by atoms with van der Waals surface area (Å²) in [6.45, 7) is 12.5. The zero-order chi connectivity index (χ0) is 13.3. The van der Waals surface area contributed by atoms with Crippen molar-refractivity contribution in [3.05, 3.63) is 0 Å². The Morgan fingerprint density at radius 2 is 1.41 bits per heavy atom. The zero-order valence-electron chi connectivity index (χ0n) is 12.8. The van der Waals surface area contributed by atoms with E-state index in [1.165, 1.54) is 38.9 Å². The van der Waals surface area contributed by atoms with Gasteiger partial charge in [-0.05, 0) is 20.5 Å². The van der Waals surface area contributed by atoms with Gasteiger partial charge in [0.25, 0.3) is 0 Å². The lowest BCUT2D eigenvalue weighted by molar-refractivity contribution is -0.198. The van der Waals surface area contributed by atoms with Crippen molar-refractivity contribution in [2.24, 2.45) is 0 Å². The third kappa shape index (κ3) is 4.57. The number of nitrogens with zero attached hydrogens (tertiary/aromatic N) is 2. The Morgan fingerprint density at radius 1 is 0.882 bits per heavy atom. The maximum atomic E-state index is 5.97. The van der Waals surface area contributed by atoms with E-state index in [0.29, 0.717) is 0 Å². The quantitative estimate of drug-likeness (QED) is 0.652. The molecule has 3 heteroatoms. The highest BCUT2D eigenvalue weighted by atomic mass is 16.5. The molecule has 2 rings (SSSR count). The van der Waals surface area contributed by atoms with Crippen LogP contribution in [0.15, 0.2) is 0 Å². The van der Waals surface area contributed by atoms with Gasteiger partial charge in [0.2, 0.25) is 0 Å². The van der Waals surface area contributed by atoms with Crippen LogP contribution in [0.2, 0.25) is 0 Å². The van der Waals surface area contributed by atoms with Crippen LogP contribution >= 0.6 is 0 Å². The van der Waals surface area contributed by atoms with Gasteiger partial charge in [0.05, 0.1) is 6.61 Å². The summed E-state index contributed by atoms with van der Waals surface area (Å²) in [6, 6.07) is 0. The molecule has 0 N–H and O–H groups in total. The Morgan fingerprint density at radius 3 is 1.88 bits per heavy atom. The molecule has 2 saturated heterocycles. The van der Waals surface area contributed by atoms with Crippen molar-refractivity contribution in [1.82, 2.24) is 9.80 Å². The van der Waals surface area contributed by atoms with Crippen LogP contribution in [0, 0.1) is 0 Å². The molecule has 2 aliphatic rings. The van der Waals surface area contributed by atoms with Gasteiger partial charge in [-0.3, -0.25) is 4.90 Å². The molecule has 17 heavy (non-hydrogen) atoms. The molecule has 104 valence electrons. The molecule has 2 fully saturated rings. The van der Waals surface area contributed by atoms with E-state index < -0.39 is 0 Å². The highest BCUT2D eigenvalue weighted by Crippen LogP contribution is 2.31. The van der Waals surface area contributed by atoms with Crippen LogP contribution in [0.25, 0.3) is 0 Å². The van der Waals surface area contributed by atoms with Crippen LogP contribution in [-0.4, -0.2) is 55.9 Å². The Hall–Kier alpha value is -0.120. The number of hydrogen-bond acceptors (Lipinski definition) is 3. The standard InChI is InChI=1S/C10H20N2O.2C2H6/c1-11-7-4-10(5-8-11)12(2)6-3-9-13-10;2*1-2/h3-9H2,1-2H3;2*1-2H3. The first-order valence-corrected chi connectivity index (χ1v) is 7.27. The topological polar surface area (TPSA) is 15.7 Å². The first-order chi connectivity index (χ1) is 8.23. The van der Waals surface area contributed by atoms with Gasteiger partial charge in [0, 0.05) is 32.5 Å². The normalized spacial score (nSPS) is 24.4. The number of piperidine rings is 1. The minimum absolute atomic E-state index is 0.0881. The molecule has 0 saturated carbocycles. The second-order valence-corrected chi connectivity index (χ2v) is 4.37. The number of ether oxygens (including phenoxy) is 1. The summed E-state index contributed by atoms with van der Waals surface area (Å²) in [5, 5.41) is 0. The summed E-state index contributed by atoms with van der Waals surface area (Å²) in [6.07, 6.45) is 3.52. The molecular formula is C14H32N2O. The van der Waals surface area contributed by atoms with Crippen molar-refractivity contribution in [2.45, 2.75) is 52.7 Å². The van der Waals surface area contributed by atoms with Crippen molar-refractivity contribution in [2.75, 3.05) is 40.3 Å². The summed E-state index contributed by atoms with van der Waals surface area (Å²) in [5.74, 6) is 0. The minimum Gasteiger partial charge on any atom is -0.360 e. The molecule has 0 amide bonds. The predicted octanol–water partition coefficient (Wildman–Crippen LogP) is 2.81. The number of rotatable bonds is 0. The van der Waals surface area contributed by atoms with E-state index in [4.69, 9.17) is 4.74 Å². The van der Waals surface area contributed by atoms with Crippen molar-refractivity contribution < 1.29 is 4.74 Å². The summed E-state index contributed by atoms with van der Waals surface area (Å²) >= 11 is 0. The SMILES string of the molecule is CC.CC.CN1CCC2(CC1)OCCCN2C. The molecule has 2 aliphatic heterocycles. The van der Waals surface area contributed by atoms with Gasteiger partial charge in [-0.2, -0.15) is 0 Å². The number of likely N-dealkylation sites (tertiary alicyclic amines) is 1. The van der Waals surface area contributed by atoms with Gasteiger partial charge in [0.15, 0.2) is 0 Å². The van der Waals surface area contributed by atoms with E-state index in [1.54, 1.807) is 0 Å². The maximum Gasteiger partial charge on any atom is 0.123 e. The molecule has 1 spiro atoms. The minimum atomic E-state index is 0.0881.